The summed E-state index contributed by atoms with van der Waals surface area (Å²) in [6.45, 7) is 3.61. The van der Waals surface area contributed by atoms with E-state index in [2.05, 4.69) is 0 Å². The summed E-state index contributed by atoms with van der Waals surface area (Å²) in [5, 5.41) is 11.1. The standard InChI is InChI=1S/C27H24FNO4/c1-16-7-6-9-18(13-16)24-23(25(30)19-11-12-21(28)17(2)14-19)26(31)27(32)29(24)15-20-8-4-5-10-22(20)33-3/h4-14,24,30H,15H2,1-3H3/b25-23-. The first-order valence-electron chi connectivity index (χ1n) is 10.5. The Morgan fingerprint density at radius 1 is 1.03 bits per heavy atom. The van der Waals surface area contributed by atoms with Crippen LogP contribution in [0.1, 0.15) is 33.9 Å². The number of likely N-dealkylation sites (tertiary alicyclic amines) is 1. The topological polar surface area (TPSA) is 66.8 Å². The van der Waals surface area contributed by atoms with E-state index in [9.17, 15) is 19.1 Å². The van der Waals surface area contributed by atoms with Crippen molar-refractivity contribution in [2.45, 2.75) is 26.4 Å². The molecule has 1 aliphatic heterocycles. The number of benzene rings is 3. The zero-order chi connectivity index (χ0) is 23.7. The number of nitrogens with zero attached hydrogens (tertiary/aromatic N) is 1. The highest BCUT2D eigenvalue weighted by molar-refractivity contribution is 6.46. The smallest absolute Gasteiger partial charge is 0.295 e. The second-order valence-electron chi connectivity index (χ2n) is 8.12. The van der Waals surface area contributed by atoms with Crippen molar-refractivity contribution in [2.75, 3.05) is 7.11 Å². The van der Waals surface area contributed by atoms with Gasteiger partial charge in [0, 0.05) is 11.1 Å². The van der Waals surface area contributed by atoms with Crippen LogP contribution in [0.4, 0.5) is 4.39 Å². The maximum absolute atomic E-state index is 13.8. The Hall–Kier alpha value is -3.93. The Labute approximate surface area is 191 Å². The van der Waals surface area contributed by atoms with Gasteiger partial charge in [-0.1, -0.05) is 48.0 Å². The van der Waals surface area contributed by atoms with Crippen LogP contribution in [-0.4, -0.2) is 28.8 Å². The average Bonchev–Trinajstić information content (AvgIpc) is 3.05. The number of para-hydroxylation sites is 1. The molecule has 0 saturated carbocycles. The normalized spacial score (nSPS) is 17.5. The third-order valence-electron chi connectivity index (χ3n) is 5.86. The van der Waals surface area contributed by atoms with E-state index in [-0.39, 0.29) is 23.4 Å². The lowest BCUT2D eigenvalue weighted by atomic mass is 9.94. The van der Waals surface area contributed by atoms with Gasteiger partial charge >= 0.3 is 0 Å². The molecular formula is C27H24FNO4. The Balaban J connectivity index is 1.89. The summed E-state index contributed by atoms with van der Waals surface area (Å²) in [4.78, 5) is 27.8. The zero-order valence-corrected chi connectivity index (χ0v) is 18.6. The number of hydrogen-bond acceptors (Lipinski definition) is 4. The summed E-state index contributed by atoms with van der Waals surface area (Å²) in [7, 11) is 1.54. The molecule has 1 atom stereocenters. The summed E-state index contributed by atoms with van der Waals surface area (Å²) in [5.74, 6) is -1.65. The van der Waals surface area contributed by atoms with Crippen molar-refractivity contribution >= 4 is 17.4 Å². The minimum Gasteiger partial charge on any atom is -0.507 e. The highest BCUT2D eigenvalue weighted by Crippen LogP contribution is 2.41. The van der Waals surface area contributed by atoms with E-state index in [1.807, 2.05) is 49.4 Å². The monoisotopic (exact) mass is 445 g/mol. The number of methoxy groups -OCH3 is 1. The van der Waals surface area contributed by atoms with E-state index in [1.54, 1.807) is 20.1 Å². The molecule has 3 aromatic rings. The number of Topliss-reactive ketones (excluding diaryl/α,β-unsaturated/α-hetero) is 1. The van der Waals surface area contributed by atoms with Crippen molar-refractivity contribution < 1.29 is 23.8 Å². The quantitative estimate of drug-likeness (QED) is 0.338. The van der Waals surface area contributed by atoms with Crippen LogP contribution in [0.5, 0.6) is 5.75 Å². The highest BCUT2D eigenvalue weighted by atomic mass is 19.1. The fourth-order valence-electron chi connectivity index (χ4n) is 4.19. The fourth-order valence-corrected chi connectivity index (χ4v) is 4.19. The summed E-state index contributed by atoms with van der Waals surface area (Å²) < 4.78 is 19.2. The predicted octanol–water partition coefficient (Wildman–Crippen LogP) is 5.07. The number of aliphatic hydroxyl groups excluding tert-OH is 1. The third-order valence-corrected chi connectivity index (χ3v) is 5.86. The molecule has 5 nitrogen and oxygen atoms in total. The number of aliphatic hydroxyl groups is 1. The third kappa shape index (κ3) is 4.12. The average molecular weight is 445 g/mol. The molecule has 0 aromatic heterocycles. The van der Waals surface area contributed by atoms with Crippen molar-refractivity contribution in [1.82, 2.24) is 4.90 Å². The summed E-state index contributed by atoms with van der Waals surface area (Å²) >= 11 is 0. The fraction of sp³-hybridized carbons (Fsp3) is 0.185. The molecule has 3 aromatic carbocycles. The van der Waals surface area contributed by atoms with Gasteiger partial charge in [-0.05, 0) is 49.2 Å². The van der Waals surface area contributed by atoms with Crippen molar-refractivity contribution in [2.24, 2.45) is 0 Å². The van der Waals surface area contributed by atoms with Gasteiger partial charge < -0.3 is 14.7 Å². The maximum atomic E-state index is 13.8. The molecule has 6 heteroatoms. The minimum absolute atomic E-state index is 0.0218. The molecule has 1 heterocycles. The van der Waals surface area contributed by atoms with Crippen LogP contribution in [-0.2, 0) is 16.1 Å². The first-order chi connectivity index (χ1) is 15.8. The van der Waals surface area contributed by atoms with Gasteiger partial charge in [-0.2, -0.15) is 0 Å². The number of halogens is 1. The number of rotatable bonds is 5. The van der Waals surface area contributed by atoms with E-state index >= 15 is 0 Å². The summed E-state index contributed by atoms with van der Waals surface area (Å²) in [6, 6.07) is 18.0. The van der Waals surface area contributed by atoms with E-state index in [0.717, 1.165) is 11.1 Å². The van der Waals surface area contributed by atoms with Gasteiger partial charge in [0.1, 0.15) is 17.3 Å². The Morgan fingerprint density at radius 2 is 1.79 bits per heavy atom. The van der Waals surface area contributed by atoms with Crippen LogP contribution >= 0.6 is 0 Å². The van der Waals surface area contributed by atoms with Gasteiger partial charge in [0.05, 0.1) is 25.3 Å². The second kappa shape index (κ2) is 8.90. The first-order valence-corrected chi connectivity index (χ1v) is 10.5. The Kier molecular flexibility index (Phi) is 6.01. The number of hydrogen-bond donors (Lipinski definition) is 1. The lowest BCUT2D eigenvalue weighted by Gasteiger charge is -2.26. The minimum atomic E-state index is -0.805. The second-order valence-corrected chi connectivity index (χ2v) is 8.12. The summed E-state index contributed by atoms with van der Waals surface area (Å²) in [6.07, 6.45) is 0. The SMILES string of the molecule is COc1ccccc1CN1C(=O)C(=O)/C(=C(\O)c2ccc(F)c(C)c2)C1c1cccc(C)c1. The highest BCUT2D eigenvalue weighted by Gasteiger charge is 2.46. The molecule has 1 aliphatic rings. The molecular weight excluding hydrogens is 421 g/mol. The van der Waals surface area contributed by atoms with Crippen LogP contribution in [0.2, 0.25) is 0 Å². The number of ketones is 1. The molecule has 0 bridgehead atoms. The number of carbonyl (C=O) groups is 2. The van der Waals surface area contributed by atoms with Gasteiger partial charge in [0.2, 0.25) is 0 Å². The molecule has 1 saturated heterocycles. The van der Waals surface area contributed by atoms with Crippen molar-refractivity contribution in [3.8, 4) is 5.75 Å². The number of ether oxygens (including phenoxy) is 1. The first kappa shape index (κ1) is 22.3. The predicted molar refractivity (Wildman–Crippen MR) is 123 cm³/mol. The summed E-state index contributed by atoms with van der Waals surface area (Å²) in [5.41, 5.74) is 2.97. The number of carbonyl (C=O) groups excluding carboxylic acids is 2. The van der Waals surface area contributed by atoms with Crippen LogP contribution < -0.4 is 4.74 Å². The molecule has 1 amide bonds. The van der Waals surface area contributed by atoms with Crippen molar-refractivity contribution in [3.05, 3.63) is 106 Å². The molecule has 4 rings (SSSR count). The Morgan fingerprint density at radius 3 is 2.48 bits per heavy atom. The van der Waals surface area contributed by atoms with Crippen molar-refractivity contribution in [3.63, 3.8) is 0 Å². The van der Waals surface area contributed by atoms with Crippen LogP contribution in [0, 0.1) is 19.7 Å². The van der Waals surface area contributed by atoms with Gasteiger partial charge in [-0.25, -0.2) is 4.39 Å². The molecule has 1 unspecified atom stereocenters. The lowest BCUT2D eigenvalue weighted by molar-refractivity contribution is -0.140. The maximum Gasteiger partial charge on any atom is 0.295 e. The lowest BCUT2D eigenvalue weighted by Crippen LogP contribution is -2.29. The van der Waals surface area contributed by atoms with E-state index < -0.39 is 23.5 Å². The largest absolute Gasteiger partial charge is 0.507 e. The van der Waals surface area contributed by atoms with E-state index in [4.69, 9.17) is 4.74 Å². The zero-order valence-electron chi connectivity index (χ0n) is 18.6. The molecule has 1 fully saturated rings. The van der Waals surface area contributed by atoms with Crippen molar-refractivity contribution in [1.29, 1.82) is 0 Å². The molecule has 0 aliphatic carbocycles. The molecule has 33 heavy (non-hydrogen) atoms. The molecule has 1 N–H and O–H groups in total. The molecule has 0 radical (unpaired) electrons. The van der Waals surface area contributed by atoms with E-state index in [1.165, 1.54) is 23.1 Å². The Bertz CT molecular complexity index is 1280. The number of aryl methyl sites for hydroxylation is 2. The van der Waals surface area contributed by atoms with Crippen LogP contribution in [0.3, 0.4) is 0 Å². The van der Waals surface area contributed by atoms with Crippen LogP contribution in [0.15, 0.2) is 72.3 Å². The molecule has 0 spiro atoms. The number of amides is 1. The van der Waals surface area contributed by atoms with Gasteiger partial charge in [0.15, 0.2) is 0 Å². The van der Waals surface area contributed by atoms with Gasteiger partial charge in [-0.3, -0.25) is 9.59 Å². The van der Waals surface area contributed by atoms with Crippen LogP contribution in [0.25, 0.3) is 5.76 Å². The van der Waals surface area contributed by atoms with Gasteiger partial charge in [-0.15, -0.1) is 0 Å². The molecule has 168 valence electrons. The van der Waals surface area contributed by atoms with Gasteiger partial charge in [0.25, 0.3) is 11.7 Å². The van der Waals surface area contributed by atoms with E-state index in [0.29, 0.717) is 16.9 Å².